The highest BCUT2D eigenvalue weighted by Crippen LogP contribution is 2.28. The van der Waals surface area contributed by atoms with Crippen LogP contribution in [0.1, 0.15) is 19.8 Å². The lowest BCUT2D eigenvalue weighted by Crippen LogP contribution is -2.00. The van der Waals surface area contributed by atoms with E-state index in [2.05, 4.69) is 11.9 Å². The second kappa shape index (κ2) is 6.16. The van der Waals surface area contributed by atoms with Gasteiger partial charge in [-0.1, -0.05) is 13.3 Å². The summed E-state index contributed by atoms with van der Waals surface area (Å²) in [6.07, 6.45) is 1.99. The largest absolute Gasteiger partial charge is 0.324 e. The Morgan fingerprint density at radius 3 is 2.61 bits per heavy atom. The van der Waals surface area contributed by atoms with Crippen LogP contribution < -0.4 is 0 Å². The molecule has 3 rings (SSSR count). The van der Waals surface area contributed by atoms with Crippen molar-refractivity contribution in [2.24, 2.45) is 0 Å². The molecule has 0 N–H and O–H groups in total. The maximum atomic E-state index is 13.1. The summed E-state index contributed by atoms with van der Waals surface area (Å²) in [4.78, 5) is 15.1. The third kappa shape index (κ3) is 2.92. The molecule has 0 aliphatic rings. The molecule has 0 radical (unpaired) electrons. The minimum absolute atomic E-state index is 0.0169. The summed E-state index contributed by atoms with van der Waals surface area (Å²) in [5.74, 6) is 0.398. The van der Waals surface area contributed by atoms with E-state index < -0.39 is 4.92 Å². The number of nitrogens with zero attached hydrogens (tertiary/aromatic N) is 3. The quantitative estimate of drug-likeness (QED) is 0.513. The Kier molecular flexibility index (Phi) is 4.06. The van der Waals surface area contributed by atoms with Gasteiger partial charge in [-0.05, 0) is 36.8 Å². The average Bonchev–Trinajstić information content (AvgIpc) is 2.91. The van der Waals surface area contributed by atoms with E-state index in [0.29, 0.717) is 11.3 Å². The fourth-order valence-corrected chi connectivity index (χ4v) is 2.59. The normalized spacial score (nSPS) is 11.0. The molecule has 0 atom stereocenters. The van der Waals surface area contributed by atoms with Crippen LogP contribution in [0.5, 0.6) is 0 Å². The zero-order chi connectivity index (χ0) is 16.4. The molecule has 0 aliphatic carbocycles. The van der Waals surface area contributed by atoms with Crippen molar-refractivity contribution in [1.29, 1.82) is 0 Å². The smallest absolute Gasteiger partial charge is 0.271 e. The fourth-order valence-electron chi connectivity index (χ4n) is 2.59. The molecule has 0 saturated heterocycles. The van der Waals surface area contributed by atoms with E-state index in [1.807, 2.05) is 4.57 Å². The minimum Gasteiger partial charge on any atom is -0.324 e. The average molecular weight is 313 g/mol. The molecule has 0 bridgehead atoms. The molecule has 3 aromatic rings. The van der Waals surface area contributed by atoms with E-state index in [4.69, 9.17) is 0 Å². The van der Waals surface area contributed by atoms with Crippen LogP contribution >= 0.6 is 0 Å². The van der Waals surface area contributed by atoms with Crippen LogP contribution in [0.25, 0.3) is 22.4 Å². The number of aryl methyl sites for hydroxylation is 1. The highest BCUT2D eigenvalue weighted by molar-refractivity contribution is 5.82. The third-order valence-corrected chi connectivity index (χ3v) is 3.78. The molecule has 1 aromatic heterocycles. The van der Waals surface area contributed by atoms with Gasteiger partial charge in [0.25, 0.3) is 5.69 Å². The number of halogens is 1. The molecular formula is C17H16FN3O2. The summed E-state index contributed by atoms with van der Waals surface area (Å²) >= 11 is 0. The molecule has 0 fully saturated rings. The zero-order valence-corrected chi connectivity index (χ0v) is 12.7. The van der Waals surface area contributed by atoms with E-state index >= 15 is 0 Å². The predicted octanol–water partition coefficient (Wildman–Crippen LogP) is 4.55. The van der Waals surface area contributed by atoms with Crippen molar-refractivity contribution in [3.63, 3.8) is 0 Å². The maximum absolute atomic E-state index is 13.1. The first-order valence-corrected chi connectivity index (χ1v) is 7.50. The van der Waals surface area contributed by atoms with Crippen LogP contribution in [-0.4, -0.2) is 14.5 Å². The summed E-state index contributed by atoms with van der Waals surface area (Å²) < 4.78 is 15.2. The molecule has 2 aromatic carbocycles. The van der Waals surface area contributed by atoms with Gasteiger partial charge in [0.2, 0.25) is 0 Å². The fraction of sp³-hybridized carbons (Fsp3) is 0.235. The number of imidazole rings is 1. The van der Waals surface area contributed by atoms with Gasteiger partial charge >= 0.3 is 0 Å². The number of nitro benzene ring substituents is 1. The Balaban J connectivity index is 2.17. The monoisotopic (exact) mass is 313 g/mol. The summed E-state index contributed by atoms with van der Waals surface area (Å²) in [6.45, 7) is 2.86. The van der Waals surface area contributed by atoms with Crippen molar-refractivity contribution in [2.45, 2.75) is 26.3 Å². The summed E-state index contributed by atoms with van der Waals surface area (Å²) in [5, 5.41) is 10.9. The number of rotatable bonds is 5. The van der Waals surface area contributed by atoms with E-state index in [9.17, 15) is 14.5 Å². The Morgan fingerprint density at radius 1 is 1.22 bits per heavy atom. The molecule has 0 saturated carbocycles. The number of aromatic nitrogens is 2. The first-order chi connectivity index (χ1) is 11.1. The van der Waals surface area contributed by atoms with Crippen LogP contribution in [0.15, 0.2) is 42.5 Å². The molecule has 118 valence electrons. The first kappa shape index (κ1) is 15.1. The van der Waals surface area contributed by atoms with Gasteiger partial charge in [0.1, 0.15) is 11.6 Å². The number of hydrogen-bond donors (Lipinski definition) is 0. The zero-order valence-electron chi connectivity index (χ0n) is 12.7. The van der Waals surface area contributed by atoms with Crippen molar-refractivity contribution < 1.29 is 9.31 Å². The number of unbranched alkanes of at least 4 members (excludes halogenated alkanes) is 1. The molecule has 1 heterocycles. The van der Waals surface area contributed by atoms with Gasteiger partial charge in [-0.15, -0.1) is 0 Å². The molecule has 6 heteroatoms. The van der Waals surface area contributed by atoms with Crippen molar-refractivity contribution in [1.82, 2.24) is 9.55 Å². The van der Waals surface area contributed by atoms with Crippen molar-refractivity contribution in [3.8, 4) is 11.4 Å². The van der Waals surface area contributed by atoms with E-state index in [1.165, 1.54) is 24.3 Å². The van der Waals surface area contributed by atoms with Crippen molar-refractivity contribution >= 4 is 16.7 Å². The standard InChI is InChI=1S/C17H16FN3O2/c1-2-3-10-20-16-9-8-14(21(22)23)11-15(16)19-17(20)12-4-6-13(18)7-5-12/h4-9,11H,2-3,10H2,1H3. The summed E-state index contributed by atoms with van der Waals surface area (Å²) in [6, 6.07) is 10.8. The van der Waals surface area contributed by atoms with Crippen molar-refractivity contribution in [3.05, 3.63) is 58.4 Å². The summed E-state index contributed by atoms with van der Waals surface area (Å²) in [5.41, 5.74) is 2.24. The van der Waals surface area contributed by atoms with Crippen LogP contribution in [0.4, 0.5) is 10.1 Å². The molecule has 23 heavy (non-hydrogen) atoms. The third-order valence-electron chi connectivity index (χ3n) is 3.78. The Bertz CT molecular complexity index is 856. The van der Waals surface area contributed by atoms with Gasteiger partial charge in [-0.2, -0.15) is 0 Å². The number of non-ortho nitro benzene ring substituents is 1. The predicted molar refractivity (Wildman–Crippen MR) is 86.7 cm³/mol. The van der Waals surface area contributed by atoms with E-state index in [1.54, 1.807) is 18.2 Å². The van der Waals surface area contributed by atoms with Gasteiger partial charge < -0.3 is 4.57 Å². The van der Waals surface area contributed by atoms with Gasteiger partial charge in [-0.25, -0.2) is 9.37 Å². The summed E-state index contributed by atoms with van der Waals surface area (Å²) in [7, 11) is 0. The van der Waals surface area contributed by atoms with Gasteiger partial charge in [0, 0.05) is 24.2 Å². The van der Waals surface area contributed by atoms with Crippen LogP contribution in [0.3, 0.4) is 0 Å². The second-order valence-corrected chi connectivity index (χ2v) is 5.38. The number of benzene rings is 2. The topological polar surface area (TPSA) is 61.0 Å². The molecule has 0 spiro atoms. The van der Waals surface area contributed by atoms with Crippen molar-refractivity contribution in [2.75, 3.05) is 0 Å². The minimum atomic E-state index is -0.429. The van der Waals surface area contributed by atoms with Gasteiger partial charge in [-0.3, -0.25) is 10.1 Å². The Morgan fingerprint density at radius 2 is 1.96 bits per heavy atom. The first-order valence-electron chi connectivity index (χ1n) is 7.50. The lowest BCUT2D eigenvalue weighted by Gasteiger charge is -2.08. The number of nitro groups is 1. The second-order valence-electron chi connectivity index (χ2n) is 5.38. The van der Waals surface area contributed by atoms with Crippen LogP contribution in [0, 0.1) is 15.9 Å². The highest BCUT2D eigenvalue weighted by atomic mass is 19.1. The molecule has 5 nitrogen and oxygen atoms in total. The van der Waals surface area contributed by atoms with E-state index in [0.717, 1.165) is 30.5 Å². The molecule has 0 aliphatic heterocycles. The SMILES string of the molecule is CCCCn1c(-c2ccc(F)cc2)nc2cc([N+](=O)[O-])ccc21. The van der Waals surface area contributed by atoms with Gasteiger partial charge in [0.05, 0.1) is 16.0 Å². The van der Waals surface area contributed by atoms with E-state index in [-0.39, 0.29) is 11.5 Å². The highest BCUT2D eigenvalue weighted by Gasteiger charge is 2.15. The number of fused-ring (bicyclic) bond motifs is 1. The molecule has 0 unspecified atom stereocenters. The lowest BCUT2D eigenvalue weighted by atomic mass is 10.2. The van der Waals surface area contributed by atoms with Gasteiger partial charge in [0.15, 0.2) is 0 Å². The van der Waals surface area contributed by atoms with Crippen LogP contribution in [0.2, 0.25) is 0 Å². The number of hydrogen-bond acceptors (Lipinski definition) is 3. The Hall–Kier alpha value is -2.76. The molecular weight excluding hydrogens is 297 g/mol. The van der Waals surface area contributed by atoms with Crippen LogP contribution in [-0.2, 0) is 6.54 Å². The Labute approximate surface area is 132 Å². The maximum Gasteiger partial charge on any atom is 0.271 e. The molecule has 0 amide bonds. The lowest BCUT2D eigenvalue weighted by molar-refractivity contribution is -0.384.